The number of benzene rings is 2. The Labute approximate surface area is 214 Å². The molecule has 198 valence electrons. The number of sulfonamides is 1. The fourth-order valence-corrected chi connectivity index (χ4v) is 4.48. The lowest BCUT2D eigenvalue weighted by molar-refractivity contribution is -0.114. The maximum Gasteiger partial charge on any atom is 0.337 e. The Hall–Kier alpha value is -3.97. The lowest BCUT2D eigenvalue weighted by Crippen LogP contribution is -2.40. The van der Waals surface area contributed by atoms with Gasteiger partial charge in [-0.3, -0.25) is 13.9 Å². The van der Waals surface area contributed by atoms with Gasteiger partial charge in [0, 0.05) is 24.3 Å². The van der Waals surface area contributed by atoms with Crippen molar-refractivity contribution in [1.82, 2.24) is 4.90 Å². The lowest BCUT2D eigenvalue weighted by atomic mass is 10.1. The van der Waals surface area contributed by atoms with Crippen LogP contribution in [0.25, 0.3) is 0 Å². The first-order valence-corrected chi connectivity index (χ1v) is 12.9. The van der Waals surface area contributed by atoms with Crippen LogP contribution in [0.2, 0.25) is 0 Å². The molecule has 0 aliphatic carbocycles. The number of rotatable bonds is 8. The third-order valence-corrected chi connectivity index (χ3v) is 6.59. The van der Waals surface area contributed by atoms with Crippen molar-refractivity contribution < 1.29 is 41.8 Å². The molecule has 2 amide bonds. The summed E-state index contributed by atoms with van der Waals surface area (Å²) in [5, 5.41) is 2.49. The molecule has 0 atom stereocenters. The van der Waals surface area contributed by atoms with E-state index in [9.17, 15) is 27.6 Å². The van der Waals surface area contributed by atoms with Crippen LogP contribution in [-0.2, 0) is 29.0 Å². The molecule has 1 heterocycles. The highest BCUT2D eigenvalue weighted by molar-refractivity contribution is 7.92. The summed E-state index contributed by atoms with van der Waals surface area (Å²) in [5.74, 6) is -2.43. The number of hydrogen-bond acceptors (Lipinski definition) is 9. The van der Waals surface area contributed by atoms with Crippen molar-refractivity contribution in [3.8, 4) is 0 Å². The Balaban J connectivity index is 1.80. The summed E-state index contributed by atoms with van der Waals surface area (Å²) in [7, 11) is -1.57. The zero-order chi connectivity index (χ0) is 27.2. The third-order valence-electron chi connectivity index (χ3n) is 5.45. The minimum Gasteiger partial charge on any atom is -0.465 e. The molecule has 1 N–H and O–H groups in total. The largest absolute Gasteiger partial charge is 0.465 e. The summed E-state index contributed by atoms with van der Waals surface area (Å²) in [5.41, 5.74) is 0.587. The summed E-state index contributed by atoms with van der Waals surface area (Å²) in [6, 6.07) is 9.68. The maximum absolute atomic E-state index is 12.8. The maximum atomic E-state index is 12.8. The van der Waals surface area contributed by atoms with Crippen molar-refractivity contribution >= 4 is 45.2 Å². The van der Waals surface area contributed by atoms with Crippen molar-refractivity contribution in [1.29, 1.82) is 0 Å². The number of carbonyl (C=O) groups excluding carboxylic acids is 4. The van der Waals surface area contributed by atoms with E-state index in [-0.39, 0.29) is 28.4 Å². The molecule has 1 aliphatic heterocycles. The highest BCUT2D eigenvalue weighted by Crippen LogP contribution is 2.21. The van der Waals surface area contributed by atoms with Gasteiger partial charge in [-0.05, 0) is 42.5 Å². The van der Waals surface area contributed by atoms with Gasteiger partial charge in [-0.1, -0.05) is 0 Å². The van der Waals surface area contributed by atoms with Gasteiger partial charge in [0.1, 0.15) is 6.54 Å². The highest BCUT2D eigenvalue weighted by Gasteiger charge is 2.23. The number of carbonyl (C=O) groups is 4. The van der Waals surface area contributed by atoms with Crippen LogP contribution < -0.4 is 9.62 Å². The van der Waals surface area contributed by atoms with E-state index in [0.717, 1.165) is 24.8 Å². The quantitative estimate of drug-likeness (QED) is 0.493. The second kappa shape index (κ2) is 11.8. The van der Waals surface area contributed by atoms with Crippen LogP contribution >= 0.6 is 0 Å². The highest BCUT2D eigenvalue weighted by atomic mass is 32.2. The Morgan fingerprint density at radius 2 is 1.46 bits per heavy atom. The van der Waals surface area contributed by atoms with Gasteiger partial charge in [0.15, 0.2) is 0 Å². The molecule has 37 heavy (non-hydrogen) atoms. The number of hydrogen-bond donors (Lipinski definition) is 1. The number of amides is 2. The molecule has 2 aromatic rings. The van der Waals surface area contributed by atoms with Gasteiger partial charge in [-0.15, -0.1) is 0 Å². The van der Waals surface area contributed by atoms with Crippen LogP contribution in [0.1, 0.15) is 31.1 Å². The van der Waals surface area contributed by atoms with Crippen LogP contribution in [0.5, 0.6) is 0 Å². The van der Waals surface area contributed by atoms with Gasteiger partial charge in [0.05, 0.1) is 50.5 Å². The summed E-state index contributed by atoms with van der Waals surface area (Å²) < 4.78 is 40.4. The van der Waals surface area contributed by atoms with Crippen LogP contribution in [0.3, 0.4) is 0 Å². The average molecular weight is 534 g/mol. The minimum absolute atomic E-state index is 0.0128. The number of nitrogens with one attached hydrogen (secondary N) is 1. The third kappa shape index (κ3) is 7.05. The van der Waals surface area contributed by atoms with Crippen LogP contribution in [0.15, 0.2) is 42.5 Å². The van der Waals surface area contributed by atoms with Crippen molar-refractivity contribution in [3.05, 3.63) is 59.2 Å². The molecular weight excluding hydrogens is 506 g/mol. The van der Waals surface area contributed by atoms with E-state index in [2.05, 4.69) is 14.8 Å². The molecular formula is C24H27N3O9S. The summed E-state index contributed by atoms with van der Waals surface area (Å²) in [6.07, 6.45) is 0.945. The first kappa shape index (κ1) is 27.6. The predicted molar refractivity (Wildman–Crippen MR) is 133 cm³/mol. The van der Waals surface area contributed by atoms with Gasteiger partial charge in [-0.25, -0.2) is 18.0 Å². The van der Waals surface area contributed by atoms with Crippen molar-refractivity contribution in [3.63, 3.8) is 0 Å². The number of methoxy groups -OCH3 is 2. The molecule has 2 aromatic carbocycles. The number of nitrogens with zero attached hydrogens (tertiary/aromatic N) is 2. The van der Waals surface area contributed by atoms with Crippen molar-refractivity contribution in [2.24, 2.45) is 0 Å². The minimum atomic E-state index is -3.90. The SMILES string of the molecule is COC(=O)c1cc(NC(=O)CN(c2ccc(C(=O)N3CCOCC3)cc2)S(C)(=O)=O)cc(C(=O)OC)c1. The van der Waals surface area contributed by atoms with Crippen LogP contribution in [0.4, 0.5) is 11.4 Å². The standard InChI is InChI=1S/C24H27N3O9S/c1-34-23(30)17-12-18(24(31)35-2)14-19(13-17)25-21(28)15-27(37(3,32)33)20-6-4-16(5-7-20)22(29)26-8-10-36-11-9-26/h4-7,12-14H,8-11,15H2,1-3H3,(H,25,28). The van der Waals surface area contributed by atoms with E-state index >= 15 is 0 Å². The second-order valence-corrected chi connectivity index (χ2v) is 9.96. The first-order valence-electron chi connectivity index (χ1n) is 11.1. The first-order chi connectivity index (χ1) is 17.5. The molecule has 12 nitrogen and oxygen atoms in total. The number of anilines is 2. The molecule has 3 rings (SSSR count). The van der Waals surface area contributed by atoms with Gasteiger partial charge in [0.2, 0.25) is 15.9 Å². The van der Waals surface area contributed by atoms with E-state index in [1.54, 1.807) is 4.90 Å². The Morgan fingerprint density at radius 1 is 0.919 bits per heavy atom. The smallest absolute Gasteiger partial charge is 0.337 e. The Bertz CT molecular complexity index is 1250. The molecule has 0 spiro atoms. The van der Waals surface area contributed by atoms with E-state index in [0.29, 0.717) is 31.9 Å². The molecule has 0 bridgehead atoms. The normalized spacial score (nSPS) is 13.4. The molecule has 13 heteroatoms. The molecule has 1 fully saturated rings. The van der Waals surface area contributed by atoms with Crippen molar-refractivity contribution in [2.45, 2.75) is 0 Å². The van der Waals surface area contributed by atoms with E-state index in [1.807, 2.05) is 0 Å². The molecule has 0 aromatic heterocycles. The Kier molecular flexibility index (Phi) is 8.84. The summed E-state index contributed by atoms with van der Waals surface area (Å²) in [6.45, 7) is 1.22. The molecule has 0 radical (unpaired) electrons. The topological polar surface area (TPSA) is 149 Å². The summed E-state index contributed by atoms with van der Waals surface area (Å²) in [4.78, 5) is 51.1. The molecule has 0 unspecified atom stereocenters. The second-order valence-electron chi connectivity index (χ2n) is 8.05. The van der Waals surface area contributed by atoms with Crippen LogP contribution in [0, 0.1) is 0 Å². The van der Waals surface area contributed by atoms with E-state index in [1.165, 1.54) is 42.5 Å². The number of ether oxygens (including phenoxy) is 3. The molecule has 1 saturated heterocycles. The van der Waals surface area contributed by atoms with Crippen molar-refractivity contribution in [2.75, 3.05) is 62.9 Å². The number of morpholine rings is 1. The van der Waals surface area contributed by atoms with Gasteiger partial charge < -0.3 is 24.4 Å². The summed E-state index contributed by atoms with van der Waals surface area (Å²) >= 11 is 0. The monoisotopic (exact) mass is 533 g/mol. The average Bonchev–Trinajstić information content (AvgIpc) is 2.90. The van der Waals surface area contributed by atoms with Crippen LogP contribution in [-0.4, -0.2) is 90.4 Å². The van der Waals surface area contributed by atoms with E-state index in [4.69, 9.17) is 4.74 Å². The molecule has 1 aliphatic rings. The van der Waals surface area contributed by atoms with Gasteiger partial charge in [-0.2, -0.15) is 0 Å². The fraction of sp³-hybridized carbons (Fsp3) is 0.333. The van der Waals surface area contributed by atoms with Gasteiger partial charge >= 0.3 is 11.9 Å². The van der Waals surface area contributed by atoms with Gasteiger partial charge in [0.25, 0.3) is 5.91 Å². The predicted octanol–water partition coefficient (Wildman–Crippen LogP) is 1.14. The Morgan fingerprint density at radius 3 is 1.95 bits per heavy atom. The zero-order valence-electron chi connectivity index (χ0n) is 20.6. The molecule has 0 saturated carbocycles. The lowest BCUT2D eigenvalue weighted by Gasteiger charge is -2.27. The van der Waals surface area contributed by atoms with E-state index < -0.39 is 34.4 Å². The zero-order valence-corrected chi connectivity index (χ0v) is 21.4. The number of esters is 2. The fourth-order valence-electron chi connectivity index (χ4n) is 3.62.